The predicted molar refractivity (Wildman–Crippen MR) is 86.3 cm³/mol. The number of piperidine rings is 1. The molecule has 1 aliphatic rings. The van der Waals surface area contributed by atoms with E-state index in [4.69, 9.17) is 10.5 Å². The zero-order valence-electron chi connectivity index (χ0n) is 14.2. The van der Waals surface area contributed by atoms with Gasteiger partial charge in [-0.1, -0.05) is 0 Å². The van der Waals surface area contributed by atoms with E-state index in [1.165, 1.54) is 6.42 Å². The third-order valence-corrected chi connectivity index (χ3v) is 3.91. The molecule has 3 N–H and O–H groups in total. The smallest absolute Gasteiger partial charge is 0.410 e. The van der Waals surface area contributed by atoms with Crippen molar-refractivity contribution in [3.8, 4) is 0 Å². The predicted octanol–water partition coefficient (Wildman–Crippen LogP) is 2.35. The molecule has 1 amide bonds. The van der Waals surface area contributed by atoms with Gasteiger partial charge in [0, 0.05) is 19.1 Å². The topological polar surface area (TPSA) is 67.6 Å². The molecule has 2 atom stereocenters. The highest BCUT2D eigenvalue weighted by molar-refractivity contribution is 5.68. The van der Waals surface area contributed by atoms with Crippen molar-refractivity contribution in [2.24, 2.45) is 11.7 Å². The van der Waals surface area contributed by atoms with Gasteiger partial charge in [0.2, 0.25) is 0 Å². The highest BCUT2D eigenvalue weighted by Crippen LogP contribution is 2.21. The first kappa shape index (κ1) is 18.2. The molecule has 1 aliphatic heterocycles. The second-order valence-corrected chi connectivity index (χ2v) is 7.07. The Balaban J connectivity index is 2.38. The Bertz CT molecular complexity index is 315. The number of hydrogen-bond donors (Lipinski definition) is 2. The summed E-state index contributed by atoms with van der Waals surface area (Å²) in [5, 5.41) is 3.56. The molecule has 124 valence electrons. The monoisotopic (exact) mass is 299 g/mol. The molecular weight excluding hydrogens is 266 g/mol. The summed E-state index contributed by atoms with van der Waals surface area (Å²) in [5.74, 6) is 0.504. The largest absolute Gasteiger partial charge is 0.444 e. The molecule has 1 fully saturated rings. The van der Waals surface area contributed by atoms with Gasteiger partial charge in [-0.2, -0.15) is 0 Å². The van der Waals surface area contributed by atoms with Gasteiger partial charge in [-0.25, -0.2) is 4.79 Å². The molecule has 0 radical (unpaired) electrons. The Morgan fingerprint density at radius 3 is 2.76 bits per heavy atom. The van der Waals surface area contributed by atoms with E-state index in [0.717, 1.165) is 45.4 Å². The van der Waals surface area contributed by atoms with E-state index >= 15 is 0 Å². The van der Waals surface area contributed by atoms with Crippen molar-refractivity contribution in [2.75, 3.05) is 26.2 Å². The van der Waals surface area contributed by atoms with Crippen LogP contribution in [-0.2, 0) is 4.74 Å². The van der Waals surface area contributed by atoms with Gasteiger partial charge in [0.15, 0.2) is 0 Å². The van der Waals surface area contributed by atoms with Crippen LogP contribution in [0.15, 0.2) is 0 Å². The Morgan fingerprint density at radius 1 is 1.43 bits per heavy atom. The maximum absolute atomic E-state index is 12.2. The lowest BCUT2D eigenvalue weighted by Crippen LogP contribution is -2.48. The van der Waals surface area contributed by atoms with Gasteiger partial charge in [0.25, 0.3) is 0 Å². The van der Waals surface area contributed by atoms with Gasteiger partial charge in [0.05, 0.1) is 0 Å². The van der Waals surface area contributed by atoms with E-state index in [0.29, 0.717) is 12.0 Å². The average molecular weight is 299 g/mol. The molecule has 1 rings (SSSR count). The number of nitrogens with one attached hydrogen (secondary N) is 1. The zero-order chi connectivity index (χ0) is 15.9. The van der Waals surface area contributed by atoms with E-state index in [9.17, 15) is 4.79 Å². The lowest BCUT2D eigenvalue weighted by molar-refractivity contribution is 0.0148. The number of likely N-dealkylation sites (tertiary alicyclic amines) is 1. The van der Waals surface area contributed by atoms with Crippen molar-refractivity contribution in [3.05, 3.63) is 0 Å². The van der Waals surface area contributed by atoms with E-state index < -0.39 is 5.60 Å². The van der Waals surface area contributed by atoms with Crippen LogP contribution in [0.25, 0.3) is 0 Å². The maximum Gasteiger partial charge on any atom is 0.410 e. The molecule has 5 nitrogen and oxygen atoms in total. The lowest BCUT2D eigenvalue weighted by atomic mass is 9.91. The summed E-state index contributed by atoms with van der Waals surface area (Å²) in [6.07, 6.45) is 4.23. The summed E-state index contributed by atoms with van der Waals surface area (Å²) < 4.78 is 5.47. The molecule has 0 spiro atoms. The fraction of sp³-hybridized carbons (Fsp3) is 0.938. The van der Waals surface area contributed by atoms with Crippen molar-refractivity contribution in [1.82, 2.24) is 10.2 Å². The van der Waals surface area contributed by atoms with Crippen molar-refractivity contribution < 1.29 is 9.53 Å². The number of nitrogens with two attached hydrogens (primary N) is 1. The maximum atomic E-state index is 12.2. The van der Waals surface area contributed by atoms with Crippen LogP contribution in [0, 0.1) is 5.92 Å². The summed E-state index contributed by atoms with van der Waals surface area (Å²) >= 11 is 0. The summed E-state index contributed by atoms with van der Waals surface area (Å²) in [4.78, 5) is 14.0. The number of ether oxygens (including phenoxy) is 1. The molecular formula is C16H33N3O2. The molecule has 0 aromatic carbocycles. The van der Waals surface area contributed by atoms with E-state index in [-0.39, 0.29) is 6.09 Å². The van der Waals surface area contributed by atoms with Crippen LogP contribution in [0.2, 0.25) is 0 Å². The molecule has 0 aliphatic carbocycles. The third kappa shape index (κ3) is 7.14. The van der Waals surface area contributed by atoms with Crippen molar-refractivity contribution >= 4 is 6.09 Å². The minimum Gasteiger partial charge on any atom is -0.444 e. The molecule has 1 saturated heterocycles. The second kappa shape index (κ2) is 8.59. The first-order valence-electron chi connectivity index (χ1n) is 8.25. The van der Waals surface area contributed by atoms with Gasteiger partial charge < -0.3 is 20.7 Å². The summed E-state index contributed by atoms with van der Waals surface area (Å²) in [7, 11) is 0. The minimum atomic E-state index is -0.421. The molecule has 0 aromatic heterocycles. The van der Waals surface area contributed by atoms with E-state index in [1.807, 2.05) is 25.7 Å². The Morgan fingerprint density at radius 2 is 2.14 bits per heavy atom. The summed E-state index contributed by atoms with van der Waals surface area (Å²) in [6, 6.07) is 0.424. The standard InChI is InChI=1S/C16H33N3O2/c1-13(18-10-6-5-9-17)14-8-7-11-19(12-14)15(20)21-16(2,3)4/h13-14,18H,5-12,17H2,1-4H3. The lowest BCUT2D eigenvalue weighted by Gasteiger charge is -2.36. The first-order chi connectivity index (χ1) is 9.83. The molecule has 0 aromatic rings. The summed E-state index contributed by atoms with van der Waals surface area (Å²) in [6.45, 7) is 11.3. The average Bonchev–Trinajstić information content (AvgIpc) is 2.41. The number of rotatable bonds is 6. The van der Waals surface area contributed by atoms with Crippen LogP contribution in [-0.4, -0.2) is 48.8 Å². The van der Waals surface area contributed by atoms with E-state index in [1.54, 1.807) is 0 Å². The number of carbonyl (C=O) groups is 1. The van der Waals surface area contributed by atoms with E-state index in [2.05, 4.69) is 12.2 Å². The highest BCUT2D eigenvalue weighted by atomic mass is 16.6. The van der Waals surface area contributed by atoms with Crippen molar-refractivity contribution in [2.45, 2.75) is 65.0 Å². The number of unbranched alkanes of at least 4 members (excludes halogenated alkanes) is 1. The van der Waals surface area contributed by atoms with Gasteiger partial charge in [-0.15, -0.1) is 0 Å². The Kier molecular flexibility index (Phi) is 7.46. The normalized spacial score (nSPS) is 21.2. The Hall–Kier alpha value is -0.810. The van der Waals surface area contributed by atoms with Crippen molar-refractivity contribution in [1.29, 1.82) is 0 Å². The molecule has 5 heteroatoms. The molecule has 2 unspecified atom stereocenters. The van der Waals surface area contributed by atoms with Crippen molar-refractivity contribution in [3.63, 3.8) is 0 Å². The Labute approximate surface area is 129 Å². The fourth-order valence-corrected chi connectivity index (χ4v) is 2.68. The highest BCUT2D eigenvalue weighted by Gasteiger charge is 2.29. The SMILES string of the molecule is CC(NCCCCN)C1CCCN(C(=O)OC(C)(C)C)C1. The molecule has 21 heavy (non-hydrogen) atoms. The van der Waals surface area contributed by atoms with Crippen LogP contribution in [0.5, 0.6) is 0 Å². The first-order valence-corrected chi connectivity index (χ1v) is 8.25. The molecule has 0 bridgehead atoms. The zero-order valence-corrected chi connectivity index (χ0v) is 14.2. The third-order valence-electron chi connectivity index (χ3n) is 3.91. The number of hydrogen-bond acceptors (Lipinski definition) is 4. The quantitative estimate of drug-likeness (QED) is 0.739. The van der Waals surface area contributed by atoms with Gasteiger partial charge in [-0.05, 0) is 72.4 Å². The number of amides is 1. The summed E-state index contributed by atoms with van der Waals surface area (Å²) in [5.41, 5.74) is 5.08. The van der Waals surface area contributed by atoms with Crippen LogP contribution in [0.4, 0.5) is 4.79 Å². The second-order valence-electron chi connectivity index (χ2n) is 7.07. The molecule has 0 saturated carbocycles. The number of nitrogens with zero attached hydrogens (tertiary/aromatic N) is 1. The van der Waals surface area contributed by atoms with Gasteiger partial charge >= 0.3 is 6.09 Å². The van der Waals surface area contributed by atoms with Crippen LogP contribution < -0.4 is 11.1 Å². The van der Waals surface area contributed by atoms with Gasteiger partial charge in [-0.3, -0.25) is 0 Å². The van der Waals surface area contributed by atoms with Crippen LogP contribution in [0.1, 0.15) is 53.4 Å². The number of carbonyl (C=O) groups excluding carboxylic acids is 1. The molecule has 1 heterocycles. The minimum absolute atomic E-state index is 0.178. The van der Waals surface area contributed by atoms with Gasteiger partial charge in [0.1, 0.15) is 5.60 Å². The fourth-order valence-electron chi connectivity index (χ4n) is 2.68. The van der Waals surface area contributed by atoms with Crippen LogP contribution in [0.3, 0.4) is 0 Å². The van der Waals surface area contributed by atoms with Crippen LogP contribution >= 0.6 is 0 Å².